The van der Waals surface area contributed by atoms with Crippen LogP contribution in [-0.2, 0) is 0 Å². The third-order valence-corrected chi connectivity index (χ3v) is 6.30. The Morgan fingerprint density at radius 3 is 1.83 bits per heavy atom. The Labute approximate surface area is 41.6 Å². The van der Waals surface area contributed by atoms with Crippen molar-refractivity contribution >= 4 is 13.3 Å². The van der Waals surface area contributed by atoms with Gasteiger partial charge in [0, 0.05) is 0 Å². The molecule has 0 unspecified atom stereocenters. The third kappa shape index (κ3) is 0.673. The molecule has 1 aliphatic heterocycles. The summed E-state index contributed by atoms with van der Waals surface area (Å²) in [6, 6.07) is 0. The molecule has 0 aromatic carbocycles. The Hall–Kier alpha value is 0.283. The van der Waals surface area contributed by atoms with Gasteiger partial charge in [0.2, 0.25) is 0 Å². The van der Waals surface area contributed by atoms with Gasteiger partial charge in [-0.05, 0) is 0 Å². The summed E-state index contributed by atoms with van der Waals surface area (Å²) in [5.41, 5.74) is 0. The van der Waals surface area contributed by atoms with E-state index in [4.69, 9.17) is 0 Å². The molecule has 0 bridgehead atoms. The van der Waals surface area contributed by atoms with Gasteiger partial charge in [0.05, 0.1) is 0 Å². The molecule has 0 nitrogen and oxygen atoms in total. The van der Waals surface area contributed by atoms with E-state index in [0.717, 1.165) is 0 Å². The number of hydrogen-bond donors (Lipinski definition) is 0. The van der Waals surface area contributed by atoms with Crippen LogP contribution in [0.25, 0.3) is 0 Å². The Kier molecular flexibility index (Phi) is 0.833. The van der Waals surface area contributed by atoms with Crippen molar-refractivity contribution in [2.45, 2.75) is 16.8 Å². The Morgan fingerprint density at radius 1 is 1.50 bits per heavy atom. The van der Waals surface area contributed by atoms with Crippen molar-refractivity contribution in [2.24, 2.45) is 0 Å². The Morgan fingerprint density at radius 2 is 1.83 bits per heavy atom. The van der Waals surface area contributed by atoms with E-state index in [9.17, 15) is 0 Å². The Balaban J connectivity index is 2.57. The maximum absolute atomic E-state index is 2.43. The van der Waals surface area contributed by atoms with Gasteiger partial charge in [-0.1, -0.05) is 0 Å². The van der Waals surface area contributed by atoms with E-state index < -0.39 is 13.3 Å². The minimum absolute atomic E-state index is 1.04. The van der Waals surface area contributed by atoms with E-state index in [2.05, 4.69) is 22.5 Å². The van der Waals surface area contributed by atoms with Crippen LogP contribution in [0.15, 0.2) is 11.0 Å². The predicted octanol–water partition coefficient (Wildman–Crippen LogP) is 1.80. The normalized spacial score (nSPS) is 26.3. The molecule has 0 amide bonds. The average Bonchev–Trinajstić information content (AvgIpc) is 1.32. The van der Waals surface area contributed by atoms with Crippen molar-refractivity contribution in [1.82, 2.24) is 0 Å². The molecule has 0 fully saturated rings. The summed E-state index contributed by atoms with van der Waals surface area (Å²) in [5, 5.41) is 1.46. The molecular weight excluding hydrogens is 133 g/mol. The second kappa shape index (κ2) is 1.12. The fourth-order valence-corrected chi connectivity index (χ4v) is 3.06. The molecule has 34 valence electrons. The summed E-state index contributed by atoms with van der Waals surface area (Å²) >= 11 is -1.04. The van der Waals surface area contributed by atoms with Crippen LogP contribution >= 0.6 is 0 Å². The molecule has 0 saturated carbocycles. The zero-order valence-electron chi connectivity index (χ0n) is 4.36. The molecule has 0 N–H and O–H groups in total. The van der Waals surface area contributed by atoms with Gasteiger partial charge in [0.25, 0.3) is 0 Å². The standard InChI is InChI=1S/C5H10Ge/c1-6(2)4-3-5-6/h3-4H,5H2,1-2H3. The van der Waals surface area contributed by atoms with Gasteiger partial charge < -0.3 is 0 Å². The molecule has 1 rings (SSSR count). The van der Waals surface area contributed by atoms with Gasteiger partial charge in [-0.15, -0.1) is 0 Å². The molecule has 1 heterocycles. The van der Waals surface area contributed by atoms with Crippen molar-refractivity contribution in [2.75, 3.05) is 0 Å². The topological polar surface area (TPSA) is 0 Å². The van der Waals surface area contributed by atoms with Gasteiger partial charge in [0.1, 0.15) is 0 Å². The monoisotopic (exact) mass is 144 g/mol. The van der Waals surface area contributed by atoms with E-state index >= 15 is 0 Å². The maximum atomic E-state index is 2.43. The first kappa shape index (κ1) is 4.44. The van der Waals surface area contributed by atoms with Crippen LogP contribution < -0.4 is 0 Å². The van der Waals surface area contributed by atoms with Crippen molar-refractivity contribution in [3.63, 3.8) is 0 Å². The molecule has 0 radical (unpaired) electrons. The summed E-state index contributed by atoms with van der Waals surface area (Å²) in [6.07, 6.45) is 2.29. The summed E-state index contributed by atoms with van der Waals surface area (Å²) in [7, 11) is 0. The minimum atomic E-state index is -1.04. The van der Waals surface area contributed by atoms with Gasteiger partial charge in [0.15, 0.2) is 0 Å². The van der Waals surface area contributed by atoms with Crippen LogP contribution in [0.1, 0.15) is 0 Å². The summed E-state index contributed by atoms with van der Waals surface area (Å²) < 4.78 is 0. The average molecular weight is 143 g/mol. The molecule has 0 aliphatic carbocycles. The van der Waals surface area contributed by atoms with Crippen LogP contribution in [0, 0.1) is 0 Å². The first-order chi connectivity index (χ1) is 2.71. The van der Waals surface area contributed by atoms with E-state index in [0.29, 0.717) is 0 Å². The predicted molar refractivity (Wildman–Crippen MR) is 31.4 cm³/mol. The van der Waals surface area contributed by atoms with Crippen molar-refractivity contribution in [3.05, 3.63) is 11.0 Å². The van der Waals surface area contributed by atoms with Crippen LogP contribution in [0.3, 0.4) is 0 Å². The zero-order valence-corrected chi connectivity index (χ0v) is 6.46. The second-order valence-electron chi connectivity index (χ2n) is 2.60. The van der Waals surface area contributed by atoms with Crippen LogP contribution in [-0.4, -0.2) is 13.3 Å². The van der Waals surface area contributed by atoms with Crippen LogP contribution in [0.5, 0.6) is 0 Å². The van der Waals surface area contributed by atoms with Crippen molar-refractivity contribution in [1.29, 1.82) is 0 Å². The fraction of sp³-hybridized carbons (Fsp3) is 0.600. The number of hydrogen-bond acceptors (Lipinski definition) is 0. The summed E-state index contributed by atoms with van der Waals surface area (Å²) in [4.78, 5) is 2.43. The molecule has 1 aliphatic rings. The van der Waals surface area contributed by atoms with Crippen LogP contribution in [0.2, 0.25) is 16.8 Å². The van der Waals surface area contributed by atoms with E-state index in [1.165, 1.54) is 5.25 Å². The van der Waals surface area contributed by atoms with E-state index in [1.54, 1.807) is 0 Å². The van der Waals surface area contributed by atoms with Gasteiger partial charge in [-0.2, -0.15) is 0 Å². The van der Waals surface area contributed by atoms with E-state index in [-0.39, 0.29) is 0 Å². The second-order valence-corrected chi connectivity index (χ2v) is 12.5. The quantitative estimate of drug-likeness (QED) is 0.453. The number of allylic oxidation sites excluding steroid dienone is 1. The molecule has 1 heteroatoms. The molecule has 6 heavy (non-hydrogen) atoms. The van der Waals surface area contributed by atoms with Crippen molar-refractivity contribution < 1.29 is 0 Å². The Bertz CT molecular complexity index is 81.9. The SMILES string of the molecule is [CH3][Ge]1([CH3])[CH]=C[CH2]1. The molecule has 0 atom stereocenters. The van der Waals surface area contributed by atoms with Gasteiger partial charge >= 0.3 is 41.0 Å². The van der Waals surface area contributed by atoms with Crippen molar-refractivity contribution in [3.8, 4) is 0 Å². The molecule has 0 spiro atoms. The molecule has 0 saturated heterocycles. The van der Waals surface area contributed by atoms with E-state index in [1.807, 2.05) is 0 Å². The fourth-order valence-electron chi connectivity index (χ4n) is 0.589. The first-order valence-corrected chi connectivity index (χ1v) is 9.27. The summed E-state index contributed by atoms with van der Waals surface area (Å²) in [5.74, 6) is 4.86. The van der Waals surface area contributed by atoms with Gasteiger partial charge in [-0.3, -0.25) is 0 Å². The third-order valence-electron chi connectivity index (χ3n) is 1.21. The summed E-state index contributed by atoms with van der Waals surface area (Å²) in [6.45, 7) is 0. The van der Waals surface area contributed by atoms with Gasteiger partial charge in [-0.25, -0.2) is 0 Å². The first-order valence-electron chi connectivity index (χ1n) is 2.38. The molecule has 0 aromatic rings. The molecule has 0 aromatic heterocycles. The zero-order chi connectivity index (χ0) is 4.62. The van der Waals surface area contributed by atoms with Crippen LogP contribution in [0.4, 0.5) is 0 Å². The molecular formula is C5H10Ge. The number of rotatable bonds is 0.